The average Bonchev–Trinajstić information content (AvgIpc) is 2.67. The van der Waals surface area contributed by atoms with E-state index in [9.17, 15) is 13.2 Å². The van der Waals surface area contributed by atoms with Crippen LogP contribution in [0, 0.1) is 5.92 Å². The molecule has 1 fully saturated rings. The first-order valence-corrected chi connectivity index (χ1v) is 11.5. The molecule has 0 amide bonds. The van der Waals surface area contributed by atoms with Gasteiger partial charge >= 0.3 is 0 Å². The Hall–Kier alpha value is -1.96. The summed E-state index contributed by atoms with van der Waals surface area (Å²) in [4.78, 5) is 19.2. The molecule has 0 saturated carbocycles. The van der Waals surface area contributed by atoms with Crippen molar-refractivity contribution in [1.29, 1.82) is 0 Å². The number of carbonyl (C=O) groups is 1. The maximum Gasteiger partial charge on any atom is 0.229 e. The lowest BCUT2D eigenvalue weighted by molar-refractivity contribution is 0.0841. The fourth-order valence-corrected chi connectivity index (χ4v) is 4.09. The molecule has 2 heterocycles. The molecule has 1 saturated heterocycles. The van der Waals surface area contributed by atoms with Crippen molar-refractivity contribution in [2.24, 2.45) is 5.92 Å². The second-order valence-electron chi connectivity index (χ2n) is 7.17. The second-order valence-corrected chi connectivity index (χ2v) is 9.31. The van der Waals surface area contributed by atoms with Crippen LogP contribution in [0.4, 0.5) is 5.69 Å². The molecule has 2 aromatic rings. The number of anilines is 1. The number of likely N-dealkylation sites (tertiary alicyclic amines) is 1. The van der Waals surface area contributed by atoms with Crippen molar-refractivity contribution < 1.29 is 13.2 Å². The number of hydrogen-bond donors (Lipinski definition) is 1. The van der Waals surface area contributed by atoms with Crippen LogP contribution in [0.15, 0.2) is 42.6 Å². The molecule has 3 rings (SSSR count). The SMILES string of the molecule is CS(=O)(=O)Nc1ccc(C(=O)C2CCN(CCc3ccc(Cl)nc3)CC2)cc1. The number of ketones is 1. The summed E-state index contributed by atoms with van der Waals surface area (Å²) in [7, 11) is -3.32. The molecule has 8 heteroatoms. The minimum Gasteiger partial charge on any atom is -0.303 e. The van der Waals surface area contributed by atoms with E-state index in [1.54, 1.807) is 36.5 Å². The summed E-state index contributed by atoms with van der Waals surface area (Å²) in [5.74, 6) is 0.148. The second kappa shape index (κ2) is 9.03. The molecule has 1 N–H and O–H groups in total. The Morgan fingerprint density at radius 3 is 2.43 bits per heavy atom. The number of pyridine rings is 1. The molecule has 1 aromatic carbocycles. The first kappa shape index (κ1) is 20.8. The molecule has 28 heavy (non-hydrogen) atoms. The van der Waals surface area contributed by atoms with Gasteiger partial charge in [0.05, 0.1) is 6.26 Å². The van der Waals surface area contributed by atoms with E-state index in [-0.39, 0.29) is 11.7 Å². The highest BCUT2D eigenvalue weighted by molar-refractivity contribution is 7.92. The Kier molecular flexibility index (Phi) is 6.69. The van der Waals surface area contributed by atoms with Crippen molar-refractivity contribution in [3.8, 4) is 0 Å². The lowest BCUT2D eigenvalue weighted by Crippen LogP contribution is -2.37. The van der Waals surface area contributed by atoms with Crippen LogP contribution in [0.25, 0.3) is 0 Å². The molecule has 0 unspecified atom stereocenters. The van der Waals surface area contributed by atoms with E-state index >= 15 is 0 Å². The Morgan fingerprint density at radius 2 is 1.86 bits per heavy atom. The predicted octanol–water partition coefficient (Wildman–Crippen LogP) is 3.24. The summed E-state index contributed by atoms with van der Waals surface area (Å²) < 4.78 is 24.9. The normalized spacial score (nSPS) is 16.1. The van der Waals surface area contributed by atoms with Gasteiger partial charge in [-0.2, -0.15) is 0 Å². The Bertz CT molecular complexity index is 907. The third kappa shape index (κ3) is 6.02. The van der Waals surface area contributed by atoms with E-state index in [0.29, 0.717) is 16.4 Å². The van der Waals surface area contributed by atoms with Gasteiger partial charge < -0.3 is 4.90 Å². The van der Waals surface area contributed by atoms with Gasteiger partial charge in [-0.15, -0.1) is 0 Å². The van der Waals surface area contributed by atoms with E-state index < -0.39 is 10.0 Å². The van der Waals surface area contributed by atoms with Gasteiger partial charge in [0.15, 0.2) is 5.78 Å². The van der Waals surface area contributed by atoms with Gasteiger partial charge in [0.1, 0.15) is 5.15 Å². The molecule has 0 radical (unpaired) electrons. The number of aromatic nitrogens is 1. The van der Waals surface area contributed by atoms with Crippen molar-refractivity contribution in [1.82, 2.24) is 9.88 Å². The van der Waals surface area contributed by atoms with E-state index in [0.717, 1.165) is 50.7 Å². The first-order chi connectivity index (χ1) is 13.3. The summed E-state index contributed by atoms with van der Waals surface area (Å²) in [5, 5.41) is 0.503. The van der Waals surface area contributed by atoms with Gasteiger partial charge in [-0.05, 0) is 68.2 Å². The van der Waals surface area contributed by atoms with Crippen LogP contribution < -0.4 is 4.72 Å². The van der Waals surface area contributed by atoms with Crippen molar-refractivity contribution >= 4 is 33.1 Å². The fraction of sp³-hybridized carbons (Fsp3) is 0.400. The van der Waals surface area contributed by atoms with E-state index in [4.69, 9.17) is 11.6 Å². The van der Waals surface area contributed by atoms with Crippen LogP contribution in [0.3, 0.4) is 0 Å². The number of rotatable bonds is 7. The summed E-state index contributed by atoms with van der Waals surface area (Å²) in [5.41, 5.74) is 2.25. The summed E-state index contributed by atoms with van der Waals surface area (Å²) in [6, 6.07) is 10.4. The third-order valence-corrected chi connectivity index (χ3v) is 5.77. The van der Waals surface area contributed by atoms with Crippen molar-refractivity contribution in [3.05, 3.63) is 58.9 Å². The zero-order valence-corrected chi connectivity index (χ0v) is 17.3. The average molecular weight is 422 g/mol. The minimum atomic E-state index is -3.32. The molecule has 1 aliphatic heterocycles. The lowest BCUT2D eigenvalue weighted by Gasteiger charge is -2.31. The number of halogens is 1. The van der Waals surface area contributed by atoms with Crippen molar-refractivity contribution in [2.45, 2.75) is 19.3 Å². The zero-order chi connectivity index (χ0) is 20.1. The summed E-state index contributed by atoms with van der Waals surface area (Å²) >= 11 is 5.81. The van der Waals surface area contributed by atoms with Crippen LogP contribution in [0.5, 0.6) is 0 Å². The quantitative estimate of drug-likeness (QED) is 0.548. The number of sulfonamides is 1. The van der Waals surface area contributed by atoms with Gasteiger partial charge in [0.2, 0.25) is 10.0 Å². The topological polar surface area (TPSA) is 79.4 Å². The first-order valence-electron chi connectivity index (χ1n) is 9.25. The number of nitrogens with one attached hydrogen (secondary N) is 1. The van der Waals surface area contributed by atoms with E-state index in [2.05, 4.69) is 14.6 Å². The summed E-state index contributed by atoms with van der Waals surface area (Å²) in [6.45, 7) is 2.73. The molecule has 1 aliphatic rings. The minimum absolute atomic E-state index is 0.0159. The summed E-state index contributed by atoms with van der Waals surface area (Å²) in [6.07, 6.45) is 5.49. The third-order valence-electron chi connectivity index (χ3n) is 4.94. The molecule has 0 bridgehead atoms. The van der Waals surface area contributed by atoms with Crippen LogP contribution >= 0.6 is 11.6 Å². The molecular weight excluding hydrogens is 398 g/mol. The molecule has 6 nitrogen and oxygen atoms in total. The smallest absolute Gasteiger partial charge is 0.229 e. The molecule has 0 spiro atoms. The lowest BCUT2D eigenvalue weighted by atomic mass is 9.88. The van der Waals surface area contributed by atoms with Gasteiger partial charge in [0, 0.05) is 29.9 Å². The highest BCUT2D eigenvalue weighted by Gasteiger charge is 2.25. The Labute approximate surface area is 171 Å². The highest BCUT2D eigenvalue weighted by atomic mass is 35.5. The number of nitrogens with zero attached hydrogens (tertiary/aromatic N) is 2. The zero-order valence-electron chi connectivity index (χ0n) is 15.8. The standard InChI is InChI=1S/C20H24ClN3O3S/c1-28(26,27)23-18-5-3-16(4-6-18)20(25)17-9-12-24(13-10-17)11-8-15-2-7-19(21)22-14-15/h2-7,14,17,23H,8-13H2,1H3. The van der Waals surface area contributed by atoms with Crippen LogP contribution in [0.2, 0.25) is 5.15 Å². The molecule has 0 aliphatic carbocycles. The molecule has 0 atom stereocenters. The van der Waals surface area contributed by atoms with Crippen LogP contribution in [-0.4, -0.2) is 50.0 Å². The number of benzene rings is 1. The molecular formula is C20H24ClN3O3S. The van der Waals surface area contributed by atoms with Crippen LogP contribution in [0.1, 0.15) is 28.8 Å². The largest absolute Gasteiger partial charge is 0.303 e. The number of piperidine rings is 1. The monoisotopic (exact) mass is 421 g/mol. The van der Waals surface area contributed by atoms with Gasteiger partial charge in [-0.1, -0.05) is 17.7 Å². The Balaban J connectivity index is 1.48. The van der Waals surface area contributed by atoms with Gasteiger partial charge in [-0.3, -0.25) is 9.52 Å². The Morgan fingerprint density at radius 1 is 1.18 bits per heavy atom. The van der Waals surface area contributed by atoms with Crippen LogP contribution in [-0.2, 0) is 16.4 Å². The highest BCUT2D eigenvalue weighted by Crippen LogP contribution is 2.23. The number of hydrogen-bond acceptors (Lipinski definition) is 5. The van der Waals surface area contributed by atoms with E-state index in [1.165, 1.54) is 0 Å². The maximum atomic E-state index is 12.7. The maximum absolute atomic E-state index is 12.7. The van der Waals surface area contributed by atoms with Crippen molar-refractivity contribution in [2.75, 3.05) is 30.6 Å². The van der Waals surface area contributed by atoms with E-state index in [1.807, 2.05) is 6.07 Å². The van der Waals surface area contributed by atoms with Crippen molar-refractivity contribution in [3.63, 3.8) is 0 Å². The fourth-order valence-electron chi connectivity index (χ4n) is 3.41. The van der Waals surface area contributed by atoms with Gasteiger partial charge in [0.25, 0.3) is 0 Å². The molecule has 150 valence electrons. The number of carbonyl (C=O) groups excluding carboxylic acids is 1. The van der Waals surface area contributed by atoms with Gasteiger partial charge in [-0.25, -0.2) is 13.4 Å². The molecule has 1 aromatic heterocycles. The predicted molar refractivity (Wildman–Crippen MR) is 111 cm³/mol. The number of Topliss-reactive ketones (excluding diaryl/α,β-unsaturated/α-hetero) is 1.